The molecular formula is C17H15BrN4O2S. The zero-order valence-corrected chi connectivity index (χ0v) is 15.6. The largest absolute Gasteiger partial charge is 0.462 e. The molecule has 25 heavy (non-hydrogen) atoms. The van der Waals surface area contributed by atoms with Gasteiger partial charge >= 0.3 is 12.0 Å². The van der Waals surface area contributed by atoms with E-state index in [4.69, 9.17) is 4.74 Å². The smallest absolute Gasteiger partial charge is 0.317 e. The zero-order valence-electron chi connectivity index (χ0n) is 13.2. The fraction of sp³-hybridized carbons (Fsp3) is 0.235. The van der Waals surface area contributed by atoms with E-state index in [1.54, 1.807) is 22.4 Å². The number of rotatable bonds is 5. The molecule has 3 aromatic rings. The Morgan fingerprint density at radius 1 is 1.36 bits per heavy atom. The van der Waals surface area contributed by atoms with Gasteiger partial charge in [-0.1, -0.05) is 18.2 Å². The maximum absolute atomic E-state index is 11.5. The lowest BCUT2D eigenvalue weighted by atomic mass is 10.2. The third kappa shape index (κ3) is 3.45. The number of halogens is 1. The van der Waals surface area contributed by atoms with Crippen LogP contribution < -0.4 is 10.1 Å². The second-order valence-electron chi connectivity index (χ2n) is 5.57. The second-order valence-corrected chi connectivity index (χ2v) is 7.50. The van der Waals surface area contributed by atoms with Crippen LogP contribution in [0.3, 0.4) is 0 Å². The number of aromatic nitrogens is 2. The maximum atomic E-state index is 11.5. The third-order valence-corrected chi connectivity index (χ3v) is 5.62. The van der Waals surface area contributed by atoms with Crippen LogP contribution in [0.25, 0.3) is 20.7 Å². The maximum Gasteiger partial charge on any atom is 0.317 e. The van der Waals surface area contributed by atoms with Crippen molar-refractivity contribution in [3.05, 3.63) is 41.0 Å². The van der Waals surface area contributed by atoms with E-state index < -0.39 is 0 Å². The molecule has 0 aliphatic carbocycles. The lowest BCUT2D eigenvalue weighted by Crippen LogP contribution is -2.32. The van der Waals surface area contributed by atoms with Crippen LogP contribution in [-0.2, 0) is 0 Å². The number of nitrogens with one attached hydrogen (secondary N) is 1. The first-order valence-electron chi connectivity index (χ1n) is 7.88. The minimum atomic E-state index is -0.0497. The summed E-state index contributed by atoms with van der Waals surface area (Å²) in [7, 11) is 0. The lowest BCUT2D eigenvalue weighted by molar-refractivity contribution is 0.199. The summed E-state index contributed by atoms with van der Waals surface area (Å²) in [6, 6.07) is 10.6. The summed E-state index contributed by atoms with van der Waals surface area (Å²) in [5, 5.41) is 3.95. The standard InChI is InChI=1S/C17H15BrN4O2S/c18-12-10-20-16(24-8-7-22-6-5-19-17(22)23)21-15(12)14-9-11-3-1-2-4-13(11)25-14/h1-4,9-10H,5-8H2,(H,19,23). The van der Waals surface area contributed by atoms with Gasteiger partial charge in [-0.3, -0.25) is 0 Å². The lowest BCUT2D eigenvalue weighted by Gasteiger charge is -2.14. The van der Waals surface area contributed by atoms with E-state index in [-0.39, 0.29) is 6.03 Å². The van der Waals surface area contributed by atoms with Gasteiger partial charge in [0.15, 0.2) is 0 Å². The van der Waals surface area contributed by atoms with Crippen molar-refractivity contribution in [2.45, 2.75) is 0 Å². The van der Waals surface area contributed by atoms with Crippen LogP contribution in [-0.4, -0.2) is 47.1 Å². The normalized spacial score (nSPS) is 14.1. The molecule has 2 aromatic heterocycles. The summed E-state index contributed by atoms with van der Waals surface area (Å²) in [5.41, 5.74) is 0.810. The van der Waals surface area contributed by atoms with Crippen LogP contribution in [0.4, 0.5) is 4.79 Å². The van der Waals surface area contributed by atoms with Gasteiger partial charge < -0.3 is 15.0 Å². The molecule has 8 heteroatoms. The number of urea groups is 1. The number of hydrogen-bond donors (Lipinski definition) is 1. The number of nitrogens with zero attached hydrogens (tertiary/aromatic N) is 3. The first kappa shape index (κ1) is 16.3. The van der Waals surface area contributed by atoms with Crippen molar-refractivity contribution in [2.24, 2.45) is 0 Å². The second kappa shape index (κ2) is 6.97. The highest BCUT2D eigenvalue weighted by molar-refractivity contribution is 9.10. The number of carbonyl (C=O) groups is 1. The van der Waals surface area contributed by atoms with Crippen LogP contribution in [0.2, 0.25) is 0 Å². The highest BCUT2D eigenvalue weighted by Gasteiger charge is 2.19. The van der Waals surface area contributed by atoms with Crippen LogP contribution in [0.15, 0.2) is 41.0 Å². The molecule has 0 spiro atoms. The number of ether oxygens (including phenoxy) is 1. The Balaban J connectivity index is 1.51. The molecule has 0 radical (unpaired) electrons. The van der Waals surface area contributed by atoms with Crippen molar-refractivity contribution in [3.63, 3.8) is 0 Å². The van der Waals surface area contributed by atoms with Gasteiger partial charge in [0.1, 0.15) is 12.3 Å². The molecule has 0 atom stereocenters. The Kier molecular flexibility index (Phi) is 4.54. The summed E-state index contributed by atoms with van der Waals surface area (Å²) >= 11 is 5.20. The molecule has 3 heterocycles. The van der Waals surface area contributed by atoms with Gasteiger partial charge in [-0.2, -0.15) is 4.98 Å². The van der Waals surface area contributed by atoms with Crippen molar-refractivity contribution in [3.8, 4) is 16.6 Å². The van der Waals surface area contributed by atoms with E-state index in [1.165, 1.54) is 10.1 Å². The molecule has 128 valence electrons. The topological polar surface area (TPSA) is 67.4 Å². The molecule has 1 saturated heterocycles. The highest BCUT2D eigenvalue weighted by Crippen LogP contribution is 2.36. The predicted molar refractivity (Wildman–Crippen MR) is 101 cm³/mol. The van der Waals surface area contributed by atoms with Crippen LogP contribution in [0.5, 0.6) is 6.01 Å². The SMILES string of the molecule is O=C1NCCN1CCOc1ncc(Br)c(-c2cc3ccccc3s2)n1. The average molecular weight is 419 g/mol. The summed E-state index contributed by atoms with van der Waals surface area (Å²) in [4.78, 5) is 23.0. The fourth-order valence-corrected chi connectivity index (χ4v) is 4.27. The number of carbonyl (C=O) groups excluding carboxylic acids is 1. The molecule has 2 amide bonds. The van der Waals surface area contributed by atoms with Gasteiger partial charge in [0.05, 0.1) is 15.9 Å². The van der Waals surface area contributed by atoms with Crippen molar-refractivity contribution in [2.75, 3.05) is 26.2 Å². The number of thiophene rings is 1. The Bertz CT molecular complexity index is 897. The number of amides is 2. The van der Waals surface area contributed by atoms with Gasteiger partial charge in [-0.25, -0.2) is 9.78 Å². The van der Waals surface area contributed by atoms with E-state index >= 15 is 0 Å². The molecule has 1 fully saturated rings. The van der Waals surface area contributed by atoms with Crippen molar-refractivity contribution < 1.29 is 9.53 Å². The average Bonchev–Trinajstić information content (AvgIpc) is 3.22. The molecule has 0 bridgehead atoms. The van der Waals surface area contributed by atoms with Gasteiger partial charge in [0, 0.05) is 24.0 Å². The van der Waals surface area contributed by atoms with Crippen LogP contribution >= 0.6 is 27.3 Å². The van der Waals surface area contributed by atoms with Crippen molar-refractivity contribution in [1.29, 1.82) is 0 Å². The number of hydrogen-bond acceptors (Lipinski definition) is 5. The molecular weight excluding hydrogens is 404 g/mol. The summed E-state index contributed by atoms with van der Waals surface area (Å²) < 4.78 is 7.69. The molecule has 4 rings (SSSR count). The summed E-state index contributed by atoms with van der Waals surface area (Å²) in [6.45, 7) is 2.27. The molecule has 1 aliphatic heterocycles. The van der Waals surface area contributed by atoms with Crippen molar-refractivity contribution in [1.82, 2.24) is 20.2 Å². The van der Waals surface area contributed by atoms with E-state index in [0.29, 0.717) is 32.3 Å². The number of fused-ring (bicyclic) bond motifs is 1. The third-order valence-electron chi connectivity index (χ3n) is 3.92. The Labute approximate surface area is 157 Å². The van der Waals surface area contributed by atoms with Crippen LogP contribution in [0, 0.1) is 0 Å². The summed E-state index contributed by atoms with van der Waals surface area (Å²) in [5.74, 6) is 0. The Morgan fingerprint density at radius 2 is 2.24 bits per heavy atom. The van der Waals surface area contributed by atoms with E-state index in [0.717, 1.165) is 15.0 Å². The Morgan fingerprint density at radius 3 is 3.04 bits per heavy atom. The van der Waals surface area contributed by atoms with E-state index in [9.17, 15) is 4.79 Å². The van der Waals surface area contributed by atoms with Gasteiger partial charge in [-0.15, -0.1) is 11.3 Å². The number of benzene rings is 1. The van der Waals surface area contributed by atoms with E-state index in [2.05, 4.69) is 49.4 Å². The molecule has 6 nitrogen and oxygen atoms in total. The first-order chi connectivity index (χ1) is 12.2. The van der Waals surface area contributed by atoms with E-state index in [1.807, 2.05) is 12.1 Å². The predicted octanol–water partition coefficient (Wildman–Crippen LogP) is 3.52. The fourth-order valence-electron chi connectivity index (χ4n) is 2.66. The summed E-state index contributed by atoms with van der Waals surface area (Å²) in [6.07, 6.45) is 1.70. The highest BCUT2D eigenvalue weighted by atomic mass is 79.9. The monoisotopic (exact) mass is 418 g/mol. The molecule has 0 unspecified atom stereocenters. The first-order valence-corrected chi connectivity index (χ1v) is 9.49. The van der Waals surface area contributed by atoms with Gasteiger partial charge in [0.2, 0.25) is 0 Å². The quantitative estimate of drug-likeness (QED) is 0.687. The van der Waals surface area contributed by atoms with Crippen molar-refractivity contribution >= 4 is 43.4 Å². The van der Waals surface area contributed by atoms with Gasteiger partial charge in [-0.05, 0) is 33.4 Å². The molecule has 1 aromatic carbocycles. The minimum Gasteiger partial charge on any atom is -0.462 e. The van der Waals surface area contributed by atoms with Gasteiger partial charge in [0.25, 0.3) is 0 Å². The molecule has 1 N–H and O–H groups in total. The zero-order chi connectivity index (χ0) is 17.2. The minimum absolute atomic E-state index is 0.0497. The molecule has 1 aliphatic rings. The Hall–Kier alpha value is -2.19. The molecule has 0 saturated carbocycles. The van der Waals surface area contributed by atoms with Crippen LogP contribution in [0.1, 0.15) is 0 Å².